The third-order valence-corrected chi connectivity index (χ3v) is 4.44. The zero-order chi connectivity index (χ0) is 13.6. The van der Waals surface area contributed by atoms with E-state index >= 15 is 0 Å². The van der Waals surface area contributed by atoms with Crippen molar-refractivity contribution in [2.75, 3.05) is 13.2 Å². The maximum absolute atomic E-state index is 8.98. The molecule has 0 aromatic carbocycles. The average Bonchev–Trinajstić information content (AvgIpc) is 2.18. The van der Waals surface area contributed by atoms with Crippen molar-refractivity contribution in [1.82, 2.24) is 0 Å². The minimum atomic E-state index is -0.695. The molecule has 0 bridgehead atoms. The maximum atomic E-state index is 8.98. The fourth-order valence-corrected chi connectivity index (χ4v) is 1.02. The molecular formula is C10H22Br2O4. The van der Waals surface area contributed by atoms with E-state index < -0.39 is 15.4 Å². The lowest BCUT2D eigenvalue weighted by molar-refractivity contribution is 0.0510. The summed E-state index contributed by atoms with van der Waals surface area (Å²) >= 11 is 5.92. The van der Waals surface area contributed by atoms with Gasteiger partial charge in [-0.2, -0.15) is 0 Å². The molecule has 4 N–H and O–H groups in total. The molecule has 0 aliphatic carbocycles. The molecule has 0 aliphatic heterocycles. The van der Waals surface area contributed by atoms with Crippen LogP contribution in [0, 0.1) is 10.8 Å². The Kier molecular flexibility index (Phi) is 9.57. The Morgan fingerprint density at radius 1 is 0.875 bits per heavy atom. The molecule has 0 radical (unpaired) electrons. The van der Waals surface area contributed by atoms with Gasteiger partial charge in [0.05, 0.1) is 13.2 Å². The van der Waals surface area contributed by atoms with Crippen LogP contribution in [0.5, 0.6) is 0 Å². The van der Waals surface area contributed by atoms with E-state index in [0.717, 1.165) is 0 Å². The van der Waals surface area contributed by atoms with E-state index in [1.165, 1.54) is 0 Å². The standard InChI is InChI=1S/C5H10Br2O2.C5H12O2/c1-5(2,3(6)8)4(7)9;1-5(2,3-6)4-7/h3-4,8-9H,1-2H3;6-7H,3-4H2,1-2H3. The molecule has 2 unspecified atom stereocenters. The molecule has 0 rings (SSSR count). The Bertz CT molecular complexity index is 166. The van der Waals surface area contributed by atoms with E-state index in [4.69, 9.17) is 20.4 Å². The minimum absolute atomic E-state index is 0.0451. The Morgan fingerprint density at radius 2 is 1.12 bits per heavy atom. The van der Waals surface area contributed by atoms with Crippen LogP contribution in [0.15, 0.2) is 0 Å². The van der Waals surface area contributed by atoms with Gasteiger partial charge in [0.1, 0.15) is 10.0 Å². The van der Waals surface area contributed by atoms with Crippen molar-refractivity contribution in [3.63, 3.8) is 0 Å². The summed E-state index contributed by atoms with van der Waals surface area (Å²) in [5.74, 6) is 0. The Hall–Kier alpha value is 0.800. The molecule has 0 aromatic heterocycles. The lowest BCUT2D eigenvalue weighted by Crippen LogP contribution is -2.33. The number of halogens is 2. The summed E-state index contributed by atoms with van der Waals surface area (Å²) < 4.78 is 0. The lowest BCUT2D eigenvalue weighted by Gasteiger charge is -2.28. The fraction of sp³-hybridized carbons (Fsp3) is 1.00. The molecule has 0 aliphatic rings. The van der Waals surface area contributed by atoms with Gasteiger partial charge in [0.2, 0.25) is 0 Å². The molecule has 6 heteroatoms. The highest BCUT2D eigenvalue weighted by Gasteiger charge is 2.32. The SMILES string of the molecule is CC(C)(C(O)Br)C(O)Br.CC(C)(CO)CO. The van der Waals surface area contributed by atoms with E-state index in [-0.39, 0.29) is 18.6 Å². The molecule has 0 amide bonds. The van der Waals surface area contributed by atoms with Crippen molar-refractivity contribution in [3.05, 3.63) is 0 Å². The van der Waals surface area contributed by atoms with E-state index in [0.29, 0.717) is 0 Å². The summed E-state index contributed by atoms with van der Waals surface area (Å²) in [6.45, 7) is 7.17. The van der Waals surface area contributed by atoms with E-state index in [9.17, 15) is 0 Å². The first-order valence-corrected chi connectivity index (χ1v) is 6.70. The molecule has 0 spiro atoms. The van der Waals surface area contributed by atoms with Gasteiger partial charge in [0, 0.05) is 10.8 Å². The summed E-state index contributed by atoms with van der Waals surface area (Å²) in [4.78, 5) is 0. The summed E-state index contributed by atoms with van der Waals surface area (Å²) in [6, 6.07) is 0. The molecule has 0 aromatic rings. The maximum Gasteiger partial charge on any atom is 0.117 e. The van der Waals surface area contributed by atoms with Gasteiger partial charge in [-0.3, -0.25) is 0 Å². The molecule has 0 saturated heterocycles. The molecular weight excluding hydrogens is 344 g/mol. The van der Waals surface area contributed by atoms with Crippen molar-refractivity contribution in [3.8, 4) is 0 Å². The van der Waals surface area contributed by atoms with E-state index in [1.807, 2.05) is 0 Å². The monoisotopic (exact) mass is 364 g/mol. The van der Waals surface area contributed by atoms with Crippen molar-refractivity contribution in [1.29, 1.82) is 0 Å². The Balaban J connectivity index is 0. The van der Waals surface area contributed by atoms with Gasteiger partial charge < -0.3 is 20.4 Å². The van der Waals surface area contributed by atoms with Gasteiger partial charge in [-0.15, -0.1) is 0 Å². The van der Waals surface area contributed by atoms with Crippen LogP contribution in [0.1, 0.15) is 27.7 Å². The van der Waals surface area contributed by atoms with Gasteiger partial charge in [0.15, 0.2) is 0 Å². The zero-order valence-electron chi connectivity index (χ0n) is 10.1. The van der Waals surface area contributed by atoms with Crippen molar-refractivity contribution in [2.45, 2.75) is 37.7 Å². The summed E-state index contributed by atoms with van der Waals surface area (Å²) in [5.41, 5.74) is -0.861. The number of rotatable bonds is 4. The predicted octanol–water partition coefficient (Wildman–Crippen LogP) is 1.44. The molecule has 0 saturated carbocycles. The second-order valence-electron chi connectivity index (χ2n) is 4.97. The van der Waals surface area contributed by atoms with E-state index in [2.05, 4.69) is 31.9 Å². The van der Waals surface area contributed by atoms with Crippen molar-refractivity contribution >= 4 is 31.9 Å². The van der Waals surface area contributed by atoms with Crippen LogP contribution in [0.3, 0.4) is 0 Å². The Morgan fingerprint density at radius 3 is 1.12 bits per heavy atom. The van der Waals surface area contributed by atoms with Gasteiger partial charge in [-0.25, -0.2) is 0 Å². The highest BCUT2D eigenvalue weighted by molar-refractivity contribution is 9.10. The number of hydrogen-bond donors (Lipinski definition) is 4. The number of hydrogen-bond acceptors (Lipinski definition) is 4. The van der Waals surface area contributed by atoms with Crippen LogP contribution in [-0.2, 0) is 0 Å². The number of alkyl halides is 2. The second-order valence-corrected chi connectivity index (χ2v) is 6.71. The quantitative estimate of drug-likeness (QED) is 0.568. The molecule has 4 nitrogen and oxygen atoms in total. The minimum Gasteiger partial charge on any atom is -0.396 e. The Labute approximate surface area is 114 Å². The first kappa shape index (κ1) is 19.1. The van der Waals surface area contributed by atoms with Crippen LogP contribution < -0.4 is 0 Å². The van der Waals surface area contributed by atoms with Gasteiger partial charge in [-0.1, -0.05) is 59.6 Å². The van der Waals surface area contributed by atoms with Crippen molar-refractivity contribution < 1.29 is 20.4 Å². The normalized spacial score (nSPS) is 16.1. The van der Waals surface area contributed by atoms with Gasteiger partial charge in [-0.05, 0) is 0 Å². The van der Waals surface area contributed by atoms with Gasteiger partial charge >= 0.3 is 0 Å². The largest absolute Gasteiger partial charge is 0.396 e. The molecule has 2 atom stereocenters. The number of aliphatic hydroxyl groups excluding tert-OH is 4. The van der Waals surface area contributed by atoms with Gasteiger partial charge in [0.25, 0.3) is 0 Å². The van der Waals surface area contributed by atoms with Crippen LogP contribution in [0.4, 0.5) is 0 Å². The summed E-state index contributed by atoms with van der Waals surface area (Å²) in [5, 5.41) is 33.4. The van der Waals surface area contributed by atoms with E-state index in [1.54, 1.807) is 27.7 Å². The highest BCUT2D eigenvalue weighted by Crippen LogP contribution is 2.31. The molecule has 0 fully saturated rings. The first-order chi connectivity index (χ1) is 7.01. The first-order valence-electron chi connectivity index (χ1n) is 4.87. The summed E-state index contributed by atoms with van der Waals surface area (Å²) in [7, 11) is 0. The molecule has 16 heavy (non-hydrogen) atoms. The van der Waals surface area contributed by atoms with Crippen LogP contribution in [-0.4, -0.2) is 43.7 Å². The lowest BCUT2D eigenvalue weighted by atomic mass is 9.96. The molecule has 0 heterocycles. The third kappa shape index (κ3) is 7.97. The average molecular weight is 366 g/mol. The topological polar surface area (TPSA) is 80.9 Å². The fourth-order valence-electron chi connectivity index (χ4n) is 0.163. The van der Waals surface area contributed by atoms with Crippen LogP contribution in [0.2, 0.25) is 0 Å². The van der Waals surface area contributed by atoms with Crippen LogP contribution >= 0.6 is 31.9 Å². The summed E-state index contributed by atoms with van der Waals surface area (Å²) in [6.07, 6.45) is 0. The number of aliphatic hydroxyl groups is 4. The smallest absolute Gasteiger partial charge is 0.117 e. The van der Waals surface area contributed by atoms with Crippen LogP contribution in [0.25, 0.3) is 0 Å². The third-order valence-electron chi connectivity index (χ3n) is 2.08. The van der Waals surface area contributed by atoms with Crippen molar-refractivity contribution in [2.24, 2.45) is 10.8 Å². The highest BCUT2D eigenvalue weighted by atomic mass is 79.9. The molecule has 100 valence electrons. The second kappa shape index (κ2) is 8.00. The zero-order valence-corrected chi connectivity index (χ0v) is 13.3. The predicted molar refractivity (Wildman–Crippen MR) is 71.6 cm³/mol.